The molecule has 0 saturated carbocycles. The fourth-order valence-corrected chi connectivity index (χ4v) is 10.8. The maximum absolute atomic E-state index is 7.51. The van der Waals surface area contributed by atoms with E-state index in [2.05, 4.69) is 258 Å². The SMILES string of the molecule is CC(C)(C)c1cc(N2c3ccc(C(C)(C)C)cc3B3c4nc(-c5ccc6oc7ccc(C(C)(C)C)cc7c6c5)oc4N(c4cc(C(C)(C)C)cc(C(C)(C)C)c4)c4cc(C(C)(C)C)cc2c43)cc(C(C)(C)C)c1. The molecule has 8 aromatic rings. The van der Waals surface area contributed by atoms with Crippen molar-refractivity contribution in [3.63, 3.8) is 0 Å². The maximum Gasteiger partial charge on any atom is 0.279 e. The maximum atomic E-state index is 7.51. The highest BCUT2D eigenvalue weighted by Crippen LogP contribution is 2.50. The minimum atomic E-state index is -0.232. The molecule has 10 rings (SSSR count). The van der Waals surface area contributed by atoms with Crippen LogP contribution in [0.1, 0.15) is 184 Å². The van der Waals surface area contributed by atoms with Crippen molar-refractivity contribution in [3.05, 3.63) is 142 Å². The van der Waals surface area contributed by atoms with Crippen molar-refractivity contribution in [2.24, 2.45) is 0 Å². The summed E-state index contributed by atoms with van der Waals surface area (Å²) in [5.74, 6) is 1.35. The van der Waals surface area contributed by atoms with Crippen LogP contribution in [-0.2, 0) is 37.9 Å². The van der Waals surface area contributed by atoms with Crippen LogP contribution in [0.5, 0.6) is 0 Å². The van der Waals surface area contributed by atoms with Crippen LogP contribution in [0.3, 0.4) is 0 Å². The van der Waals surface area contributed by atoms with Crippen LogP contribution in [0.25, 0.3) is 33.4 Å². The van der Waals surface area contributed by atoms with Gasteiger partial charge in [0.1, 0.15) is 11.2 Å². The Kier molecular flexibility index (Phi) is 11.2. The number of hydrogen-bond acceptors (Lipinski definition) is 5. The second-order valence-electron chi connectivity index (χ2n) is 28.8. The lowest BCUT2D eigenvalue weighted by Gasteiger charge is -2.44. The number of benzene rings is 6. The smallest absolute Gasteiger partial charge is 0.279 e. The van der Waals surface area contributed by atoms with Gasteiger partial charge in [-0.25, -0.2) is 4.98 Å². The van der Waals surface area contributed by atoms with Crippen LogP contribution in [0.15, 0.2) is 112 Å². The van der Waals surface area contributed by atoms with Crippen molar-refractivity contribution < 1.29 is 8.83 Å². The largest absolute Gasteiger partial charge is 0.456 e. The zero-order chi connectivity index (χ0) is 53.1. The molecule has 378 valence electrons. The molecule has 0 unspecified atom stereocenters. The van der Waals surface area contributed by atoms with Crippen LogP contribution in [0, 0.1) is 0 Å². The lowest BCUT2D eigenvalue weighted by atomic mass is 9.35. The number of nitrogens with zero attached hydrogens (tertiary/aromatic N) is 3. The average Bonchev–Trinajstić information content (AvgIpc) is 3.88. The molecule has 2 aliphatic rings. The molecule has 0 fully saturated rings. The second kappa shape index (κ2) is 16.2. The summed E-state index contributed by atoms with van der Waals surface area (Å²) in [6.07, 6.45) is 0. The number of hydrogen-bond donors (Lipinski definition) is 0. The predicted octanol–water partition coefficient (Wildman–Crippen LogP) is 17.4. The van der Waals surface area contributed by atoms with Crippen LogP contribution < -0.4 is 26.3 Å². The predicted molar refractivity (Wildman–Crippen MR) is 314 cm³/mol. The van der Waals surface area contributed by atoms with Crippen LogP contribution >= 0.6 is 0 Å². The highest BCUT2D eigenvalue weighted by Gasteiger charge is 2.48. The average molecular weight is 970 g/mol. The minimum Gasteiger partial charge on any atom is -0.456 e. The van der Waals surface area contributed by atoms with Gasteiger partial charge in [0, 0.05) is 44.8 Å². The van der Waals surface area contributed by atoms with E-state index in [1.54, 1.807) is 0 Å². The van der Waals surface area contributed by atoms with E-state index in [9.17, 15) is 0 Å². The fourth-order valence-electron chi connectivity index (χ4n) is 10.8. The van der Waals surface area contributed by atoms with Gasteiger partial charge in [0.05, 0.1) is 5.59 Å². The normalized spacial score (nSPS) is 14.6. The highest BCUT2D eigenvalue weighted by molar-refractivity contribution is 6.99. The number of oxazole rings is 1. The van der Waals surface area contributed by atoms with E-state index in [-0.39, 0.29) is 44.6 Å². The minimum absolute atomic E-state index is 0.0126. The molecule has 0 N–H and O–H groups in total. The van der Waals surface area contributed by atoms with Crippen LogP contribution in [0.4, 0.5) is 34.3 Å². The monoisotopic (exact) mass is 970 g/mol. The Morgan fingerprint density at radius 2 is 0.781 bits per heavy atom. The first-order valence-electron chi connectivity index (χ1n) is 26.8. The molecule has 0 amide bonds. The van der Waals surface area contributed by atoms with Crippen molar-refractivity contribution in [2.45, 2.75) is 183 Å². The summed E-state index contributed by atoms with van der Waals surface area (Å²) in [4.78, 5) is 10.8. The van der Waals surface area contributed by atoms with Crippen molar-refractivity contribution in [1.29, 1.82) is 0 Å². The van der Waals surface area contributed by atoms with Gasteiger partial charge in [0.2, 0.25) is 11.8 Å². The van der Waals surface area contributed by atoms with E-state index in [1.807, 2.05) is 0 Å². The molecular weight excluding hydrogens is 890 g/mol. The van der Waals surface area contributed by atoms with Gasteiger partial charge in [-0.05, 0) is 161 Å². The Balaban J connectivity index is 1.34. The molecule has 4 heterocycles. The topological polar surface area (TPSA) is 45.7 Å². The molecule has 0 radical (unpaired) electrons. The van der Waals surface area contributed by atoms with E-state index in [1.165, 1.54) is 66.9 Å². The summed E-state index contributed by atoms with van der Waals surface area (Å²) in [5, 5.41) is 2.16. The molecule has 0 aliphatic carbocycles. The summed E-state index contributed by atoms with van der Waals surface area (Å²) in [6, 6.07) is 39.8. The van der Waals surface area contributed by atoms with E-state index >= 15 is 0 Å². The van der Waals surface area contributed by atoms with Gasteiger partial charge >= 0.3 is 0 Å². The molecular formula is C67H80BN3O2. The Morgan fingerprint density at radius 1 is 0.370 bits per heavy atom. The van der Waals surface area contributed by atoms with E-state index in [4.69, 9.17) is 13.8 Å². The molecule has 0 spiro atoms. The third-order valence-electron chi connectivity index (χ3n) is 15.7. The summed E-state index contributed by atoms with van der Waals surface area (Å²) in [7, 11) is 0. The van der Waals surface area contributed by atoms with Gasteiger partial charge in [0.15, 0.2) is 0 Å². The Morgan fingerprint density at radius 3 is 1.27 bits per heavy atom. The molecule has 5 nitrogen and oxygen atoms in total. The quantitative estimate of drug-likeness (QED) is 0.165. The van der Waals surface area contributed by atoms with Crippen molar-refractivity contribution in [3.8, 4) is 11.5 Å². The second-order valence-corrected chi connectivity index (χ2v) is 28.8. The molecule has 73 heavy (non-hydrogen) atoms. The molecule has 2 aliphatic heterocycles. The van der Waals surface area contributed by atoms with E-state index in [0.717, 1.165) is 50.4 Å². The Labute approximate surface area is 437 Å². The fraction of sp³-hybridized carbons (Fsp3) is 0.418. The molecule has 6 heteroatoms. The van der Waals surface area contributed by atoms with Gasteiger partial charge < -0.3 is 13.7 Å². The van der Waals surface area contributed by atoms with E-state index in [0.29, 0.717) is 5.89 Å². The first-order chi connectivity index (χ1) is 33.6. The van der Waals surface area contributed by atoms with Crippen molar-refractivity contribution >= 4 is 79.5 Å². The van der Waals surface area contributed by atoms with Gasteiger partial charge in [-0.3, -0.25) is 4.90 Å². The Hall–Kier alpha value is -6.01. The molecule has 0 bridgehead atoms. The molecule has 0 atom stereocenters. The highest BCUT2D eigenvalue weighted by atomic mass is 16.4. The van der Waals surface area contributed by atoms with Crippen molar-refractivity contribution in [1.82, 2.24) is 4.98 Å². The molecule has 2 aromatic heterocycles. The number of furan rings is 1. The molecule has 0 saturated heterocycles. The number of fused-ring (bicyclic) bond motifs is 7. The van der Waals surface area contributed by atoms with Gasteiger partial charge in [-0.1, -0.05) is 176 Å². The molecule has 6 aromatic carbocycles. The zero-order valence-corrected chi connectivity index (χ0v) is 48.1. The summed E-state index contributed by atoms with van der Waals surface area (Å²) >= 11 is 0. The summed E-state index contributed by atoms with van der Waals surface area (Å²) < 4.78 is 14.0. The summed E-state index contributed by atoms with van der Waals surface area (Å²) in [5.41, 5.74) is 20.1. The standard InChI is InChI=1S/C67H80BN3O2/c1-61(2,3)40-24-27-56-50(35-40)49-28-39(22-26-55(49)72-56)59-69-58-60(73-59)71(48-33-44(65(13,14)15)30-45(34-48)66(16,17)18)54-38-46(67(19,20)21)37-53-57(54)68(58)51-36-41(62(4,5)6)23-25-52(51)70(53)47-31-42(63(7,8)9)29-43(32-47)64(10,11)12/h22-38H,1-21H3. The lowest BCUT2D eigenvalue weighted by molar-refractivity contribution is 0.566. The van der Waals surface area contributed by atoms with Gasteiger partial charge in [-0.2, -0.15) is 0 Å². The third kappa shape index (κ3) is 8.83. The van der Waals surface area contributed by atoms with Crippen LogP contribution in [-0.4, -0.2) is 11.7 Å². The number of aromatic nitrogens is 1. The third-order valence-corrected chi connectivity index (χ3v) is 15.7. The van der Waals surface area contributed by atoms with E-state index < -0.39 is 0 Å². The first kappa shape index (κ1) is 50.5. The Bertz CT molecular complexity index is 3450. The number of rotatable bonds is 3. The first-order valence-corrected chi connectivity index (χ1v) is 26.8. The van der Waals surface area contributed by atoms with Crippen LogP contribution in [0.2, 0.25) is 0 Å². The number of anilines is 6. The summed E-state index contributed by atoms with van der Waals surface area (Å²) in [6.45, 7) is 48.5. The van der Waals surface area contributed by atoms with Gasteiger partial charge in [0.25, 0.3) is 6.71 Å². The van der Waals surface area contributed by atoms with Crippen molar-refractivity contribution in [2.75, 3.05) is 9.80 Å². The lowest BCUT2D eigenvalue weighted by Crippen LogP contribution is -2.62. The van der Waals surface area contributed by atoms with Gasteiger partial charge in [-0.15, -0.1) is 0 Å². The zero-order valence-electron chi connectivity index (χ0n) is 48.1.